The van der Waals surface area contributed by atoms with E-state index in [2.05, 4.69) is 0 Å². The van der Waals surface area contributed by atoms with Crippen LogP contribution in [0.25, 0.3) is 6.08 Å². The minimum absolute atomic E-state index is 0.0343. The standard InChI is InChI=1S/C18H23NO3/c1-18(2,3)13-22-17(21)11-8-14-6-9-15(10-7-14)19-12-4-5-16(19)20/h6-11H,4-5,12-13H2,1-3H3. The maximum absolute atomic E-state index is 11.7. The summed E-state index contributed by atoms with van der Waals surface area (Å²) in [5.74, 6) is -0.164. The van der Waals surface area contributed by atoms with Crippen molar-refractivity contribution >= 4 is 23.6 Å². The Kier molecular flexibility index (Phi) is 5.01. The average molecular weight is 301 g/mol. The van der Waals surface area contributed by atoms with Crippen molar-refractivity contribution < 1.29 is 14.3 Å². The molecule has 4 heteroatoms. The van der Waals surface area contributed by atoms with Crippen LogP contribution in [0.5, 0.6) is 0 Å². The van der Waals surface area contributed by atoms with Crippen LogP contribution in [0, 0.1) is 5.41 Å². The summed E-state index contributed by atoms with van der Waals surface area (Å²) in [6, 6.07) is 7.61. The molecule has 1 aromatic carbocycles. The van der Waals surface area contributed by atoms with Gasteiger partial charge in [0.05, 0.1) is 6.61 Å². The van der Waals surface area contributed by atoms with Gasteiger partial charge in [-0.3, -0.25) is 4.79 Å². The van der Waals surface area contributed by atoms with Crippen LogP contribution in [0.2, 0.25) is 0 Å². The van der Waals surface area contributed by atoms with E-state index in [0.717, 1.165) is 24.2 Å². The van der Waals surface area contributed by atoms with Gasteiger partial charge in [-0.1, -0.05) is 32.9 Å². The summed E-state index contributed by atoms with van der Waals surface area (Å²) in [4.78, 5) is 25.1. The highest BCUT2D eigenvalue weighted by atomic mass is 16.5. The van der Waals surface area contributed by atoms with Crippen LogP contribution in [0.4, 0.5) is 5.69 Å². The number of carbonyl (C=O) groups is 2. The maximum atomic E-state index is 11.7. The van der Waals surface area contributed by atoms with Crippen molar-refractivity contribution in [2.75, 3.05) is 18.1 Å². The number of hydrogen-bond acceptors (Lipinski definition) is 3. The summed E-state index contributed by atoms with van der Waals surface area (Å²) < 4.78 is 5.17. The molecule has 0 N–H and O–H groups in total. The van der Waals surface area contributed by atoms with Gasteiger partial charge in [-0.25, -0.2) is 4.79 Å². The number of esters is 1. The van der Waals surface area contributed by atoms with Crippen molar-refractivity contribution in [3.05, 3.63) is 35.9 Å². The van der Waals surface area contributed by atoms with Crippen LogP contribution in [0.15, 0.2) is 30.3 Å². The van der Waals surface area contributed by atoms with E-state index < -0.39 is 0 Å². The molecule has 2 rings (SSSR count). The van der Waals surface area contributed by atoms with Gasteiger partial charge in [0.15, 0.2) is 0 Å². The molecule has 0 radical (unpaired) electrons. The minimum atomic E-state index is -0.339. The van der Waals surface area contributed by atoms with Gasteiger partial charge in [0.25, 0.3) is 0 Å². The Hall–Kier alpha value is -2.10. The van der Waals surface area contributed by atoms with E-state index in [9.17, 15) is 9.59 Å². The Morgan fingerprint density at radius 1 is 1.27 bits per heavy atom. The first-order valence-electron chi connectivity index (χ1n) is 7.60. The van der Waals surface area contributed by atoms with Crippen LogP contribution in [0.3, 0.4) is 0 Å². The lowest BCUT2D eigenvalue weighted by molar-refractivity contribution is -0.140. The molecule has 1 aromatic rings. The van der Waals surface area contributed by atoms with Crippen LogP contribution < -0.4 is 4.90 Å². The average Bonchev–Trinajstić information content (AvgIpc) is 2.89. The highest BCUT2D eigenvalue weighted by molar-refractivity contribution is 5.95. The van der Waals surface area contributed by atoms with E-state index in [0.29, 0.717) is 13.0 Å². The summed E-state index contributed by atoms with van der Waals surface area (Å²) in [7, 11) is 0. The van der Waals surface area contributed by atoms with Crippen molar-refractivity contribution in [2.45, 2.75) is 33.6 Å². The Morgan fingerprint density at radius 2 is 1.95 bits per heavy atom. The summed E-state index contributed by atoms with van der Waals surface area (Å²) in [6.07, 6.45) is 4.70. The molecule has 0 spiro atoms. The fraction of sp³-hybridized carbons (Fsp3) is 0.444. The quantitative estimate of drug-likeness (QED) is 0.632. The zero-order valence-corrected chi connectivity index (χ0v) is 13.5. The third kappa shape index (κ3) is 4.72. The summed E-state index contributed by atoms with van der Waals surface area (Å²) in [5, 5.41) is 0. The number of rotatable bonds is 4. The van der Waals surface area contributed by atoms with Gasteiger partial charge in [0.1, 0.15) is 0 Å². The molecule has 1 fully saturated rings. The van der Waals surface area contributed by atoms with Gasteiger partial charge in [0, 0.05) is 24.7 Å². The lowest BCUT2D eigenvalue weighted by Crippen LogP contribution is -2.23. The Balaban J connectivity index is 1.92. The van der Waals surface area contributed by atoms with Crippen LogP contribution >= 0.6 is 0 Å². The number of hydrogen-bond donors (Lipinski definition) is 0. The van der Waals surface area contributed by atoms with E-state index in [1.165, 1.54) is 6.08 Å². The fourth-order valence-corrected chi connectivity index (χ4v) is 2.19. The van der Waals surface area contributed by atoms with E-state index in [-0.39, 0.29) is 17.3 Å². The lowest BCUT2D eigenvalue weighted by Gasteiger charge is -2.16. The summed E-state index contributed by atoms with van der Waals surface area (Å²) in [6.45, 7) is 7.23. The van der Waals surface area contributed by atoms with Gasteiger partial charge >= 0.3 is 5.97 Å². The number of nitrogens with zero attached hydrogens (tertiary/aromatic N) is 1. The first-order valence-corrected chi connectivity index (χ1v) is 7.60. The molecule has 1 aliphatic rings. The number of amides is 1. The smallest absolute Gasteiger partial charge is 0.330 e. The monoisotopic (exact) mass is 301 g/mol. The Morgan fingerprint density at radius 3 is 2.50 bits per heavy atom. The van der Waals surface area contributed by atoms with Crippen molar-refractivity contribution in [1.29, 1.82) is 0 Å². The third-order valence-corrected chi connectivity index (χ3v) is 3.34. The van der Waals surface area contributed by atoms with Crippen LogP contribution in [0.1, 0.15) is 39.2 Å². The highest BCUT2D eigenvalue weighted by Gasteiger charge is 2.21. The number of ether oxygens (including phenoxy) is 1. The van der Waals surface area contributed by atoms with E-state index in [1.807, 2.05) is 45.0 Å². The molecule has 1 saturated heterocycles. The van der Waals surface area contributed by atoms with E-state index in [1.54, 1.807) is 11.0 Å². The molecule has 1 amide bonds. The molecule has 4 nitrogen and oxygen atoms in total. The van der Waals surface area contributed by atoms with Crippen molar-refractivity contribution in [3.8, 4) is 0 Å². The van der Waals surface area contributed by atoms with E-state index in [4.69, 9.17) is 4.74 Å². The van der Waals surface area contributed by atoms with Crippen molar-refractivity contribution in [3.63, 3.8) is 0 Å². The molecular formula is C18H23NO3. The second-order valence-electron chi connectivity index (χ2n) is 6.74. The summed E-state index contributed by atoms with van der Waals surface area (Å²) in [5.41, 5.74) is 1.78. The lowest BCUT2D eigenvalue weighted by atomic mass is 9.99. The SMILES string of the molecule is CC(C)(C)COC(=O)C=Cc1ccc(N2CCCC2=O)cc1. The maximum Gasteiger partial charge on any atom is 0.330 e. The molecular weight excluding hydrogens is 278 g/mol. The van der Waals surface area contributed by atoms with Gasteiger partial charge in [-0.2, -0.15) is 0 Å². The zero-order valence-electron chi connectivity index (χ0n) is 13.5. The minimum Gasteiger partial charge on any atom is -0.462 e. The summed E-state index contributed by atoms with van der Waals surface area (Å²) >= 11 is 0. The van der Waals surface area contributed by atoms with Gasteiger partial charge in [0.2, 0.25) is 5.91 Å². The predicted molar refractivity (Wildman–Crippen MR) is 87.5 cm³/mol. The number of carbonyl (C=O) groups excluding carboxylic acids is 2. The molecule has 0 atom stereocenters. The Labute approximate surface area is 131 Å². The molecule has 0 bridgehead atoms. The molecule has 0 saturated carbocycles. The van der Waals surface area contributed by atoms with Gasteiger partial charge < -0.3 is 9.64 Å². The van der Waals surface area contributed by atoms with Crippen LogP contribution in [-0.4, -0.2) is 25.0 Å². The second kappa shape index (κ2) is 6.77. The van der Waals surface area contributed by atoms with Crippen LogP contribution in [-0.2, 0) is 14.3 Å². The van der Waals surface area contributed by atoms with Gasteiger partial charge in [-0.15, -0.1) is 0 Å². The molecule has 1 aliphatic heterocycles. The second-order valence-corrected chi connectivity index (χ2v) is 6.74. The number of anilines is 1. The van der Waals surface area contributed by atoms with Crippen molar-refractivity contribution in [2.24, 2.45) is 5.41 Å². The first-order chi connectivity index (χ1) is 10.3. The molecule has 22 heavy (non-hydrogen) atoms. The molecule has 0 unspecified atom stereocenters. The molecule has 0 aliphatic carbocycles. The predicted octanol–water partition coefficient (Wildman–Crippen LogP) is 3.42. The van der Waals surface area contributed by atoms with E-state index >= 15 is 0 Å². The third-order valence-electron chi connectivity index (χ3n) is 3.34. The largest absolute Gasteiger partial charge is 0.462 e. The number of benzene rings is 1. The zero-order chi connectivity index (χ0) is 16.2. The molecule has 1 heterocycles. The fourth-order valence-electron chi connectivity index (χ4n) is 2.19. The van der Waals surface area contributed by atoms with Crippen molar-refractivity contribution in [1.82, 2.24) is 0 Å². The topological polar surface area (TPSA) is 46.6 Å². The highest BCUT2D eigenvalue weighted by Crippen LogP contribution is 2.22. The first kappa shape index (κ1) is 16.3. The van der Waals surface area contributed by atoms with Gasteiger partial charge in [-0.05, 0) is 35.6 Å². The molecule has 0 aromatic heterocycles. The molecule has 118 valence electrons. The normalized spacial score (nSPS) is 15.6. The Bertz CT molecular complexity index is 567.